The van der Waals surface area contributed by atoms with Crippen LogP contribution in [0, 0.1) is 37.0 Å². The van der Waals surface area contributed by atoms with Crippen molar-refractivity contribution in [2.24, 2.45) is 5.41 Å². The van der Waals surface area contributed by atoms with Crippen molar-refractivity contribution in [3.8, 4) is 5.75 Å². The number of ether oxygens (including phenoxy) is 2. The van der Waals surface area contributed by atoms with Gasteiger partial charge in [0.25, 0.3) is 0 Å². The van der Waals surface area contributed by atoms with Crippen molar-refractivity contribution in [1.29, 1.82) is 0 Å². The molecule has 3 rings (SSSR count). The van der Waals surface area contributed by atoms with Crippen LogP contribution in [0.4, 0.5) is 0 Å². The third-order valence-electron chi connectivity index (χ3n) is 6.74. The van der Waals surface area contributed by atoms with E-state index in [1.165, 1.54) is 42.1 Å². The summed E-state index contributed by atoms with van der Waals surface area (Å²) in [5.41, 5.74) is 7.11. The van der Waals surface area contributed by atoms with Crippen LogP contribution in [0.3, 0.4) is 0 Å². The first kappa shape index (κ1) is 27.8. The zero-order valence-corrected chi connectivity index (χ0v) is 22.6. The molecule has 0 aromatic heterocycles. The van der Waals surface area contributed by atoms with E-state index in [9.17, 15) is 4.79 Å². The minimum atomic E-state index is -0.362. The molecule has 0 amide bonds. The first-order valence-electron chi connectivity index (χ1n) is 12.7. The lowest BCUT2D eigenvalue weighted by atomic mass is 9.72. The van der Waals surface area contributed by atoms with Crippen LogP contribution in [-0.2, 0) is 16.1 Å². The average Bonchev–Trinajstić information content (AvgIpc) is 3.36. The lowest BCUT2D eigenvalue weighted by molar-refractivity contribution is -0.139. The number of methoxy groups -OCH3 is 1. The van der Waals surface area contributed by atoms with E-state index < -0.39 is 0 Å². The molecule has 1 aromatic carbocycles. The van der Waals surface area contributed by atoms with Crippen molar-refractivity contribution < 1.29 is 14.3 Å². The molecular formula is C33H39O3. The van der Waals surface area contributed by atoms with E-state index in [0.29, 0.717) is 0 Å². The van der Waals surface area contributed by atoms with Gasteiger partial charge in [-0.05, 0) is 93.9 Å². The summed E-state index contributed by atoms with van der Waals surface area (Å²) in [5.74, 6) is 1.50. The van der Waals surface area contributed by atoms with Crippen molar-refractivity contribution in [3.63, 3.8) is 0 Å². The summed E-state index contributed by atoms with van der Waals surface area (Å²) in [6.45, 7) is 11.1. The minimum absolute atomic E-state index is 0.194. The van der Waals surface area contributed by atoms with E-state index in [1.807, 2.05) is 63.0 Å². The first-order chi connectivity index (χ1) is 17.2. The van der Waals surface area contributed by atoms with Crippen molar-refractivity contribution in [2.45, 2.75) is 60.5 Å². The highest BCUT2D eigenvalue weighted by molar-refractivity contribution is 5.83. The molecular weight excluding hydrogens is 444 g/mol. The zero-order valence-electron chi connectivity index (χ0n) is 22.6. The van der Waals surface area contributed by atoms with Crippen LogP contribution < -0.4 is 4.74 Å². The Morgan fingerprint density at radius 2 is 1.83 bits per heavy atom. The van der Waals surface area contributed by atoms with Crippen LogP contribution in [0.25, 0.3) is 0 Å². The van der Waals surface area contributed by atoms with Gasteiger partial charge in [-0.3, -0.25) is 0 Å². The fourth-order valence-corrected chi connectivity index (χ4v) is 4.68. The maximum atomic E-state index is 12.3. The summed E-state index contributed by atoms with van der Waals surface area (Å²) in [6.07, 6.45) is 23.7. The Labute approximate surface area is 218 Å². The van der Waals surface area contributed by atoms with E-state index >= 15 is 0 Å². The monoisotopic (exact) mass is 483 g/mol. The maximum absolute atomic E-state index is 12.3. The number of esters is 1. The van der Waals surface area contributed by atoms with Crippen molar-refractivity contribution in [3.05, 3.63) is 120 Å². The number of allylic oxidation sites excluding steroid dienone is 9. The molecule has 0 N–H and O–H groups in total. The molecule has 0 bridgehead atoms. The number of rotatable bonds is 9. The van der Waals surface area contributed by atoms with Crippen LogP contribution in [0.15, 0.2) is 76.9 Å². The molecule has 2 aliphatic carbocycles. The Morgan fingerprint density at radius 3 is 2.53 bits per heavy atom. The van der Waals surface area contributed by atoms with Gasteiger partial charge in [0.05, 0.1) is 7.11 Å². The molecule has 5 radical (unpaired) electrons. The molecule has 1 aromatic rings. The lowest BCUT2D eigenvalue weighted by Gasteiger charge is -2.32. The molecule has 36 heavy (non-hydrogen) atoms. The van der Waals surface area contributed by atoms with E-state index in [4.69, 9.17) is 9.47 Å². The molecule has 1 saturated carbocycles. The Kier molecular flexibility index (Phi) is 9.98. The van der Waals surface area contributed by atoms with Crippen molar-refractivity contribution in [2.75, 3.05) is 7.11 Å². The molecule has 0 unspecified atom stereocenters. The molecule has 0 spiro atoms. The summed E-state index contributed by atoms with van der Waals surface area (Å²) in [5, 5.41) is 0. The van der Waals surface area contributed by atoms with Gasteiger partial charge < -0.3 is 9.47 Å². The fraction of sp³-hybridized carbons (Fsp3) is 0.333. The molecule has 0 aliphatic heterocycles. The number of benzene rings is 1. The molecule has 3 heteroatoms. The second-order valence-corrected chi connectivity index (χ2v) is 10.2. The predicted molar refractivity (Wildman–Crippen MR) is 148 cm³/mol. The second-order valence-electron chi connectivity index (χ2n) is 10.2. The highest BCUT2D eigenvalue weighted by Gasteiger charge is 2.26. The van der Waals surface area contributed by atoms with Crippen LogP contribution in [0.2, 0.25) is 0 Å². The van der Waals surface area contributed by atoms with Gasteiger partial charge in [-0.2, -0.15) is 0 Å². The Bertz CT molecular complexity index is 1070. The van der Waals surface area contributed by atoms with Crippen molar-refractivity contribution in [1.82, 2.24) is 0 Å². The third-order valence-corrected chi connectivity index (χ3v) is 6.74. The van der Waals surface area contributed by atoms with Gasteiger partial charge in [0.15, 0.2) is 0 Å². The summed E-state index contributed by atoms with van der Waals surface area (Å²) in [4.78, 5) is 12.3. The molecule has 189 valence electrons. The van der Waals surface area contributed by atoms with Crippen LogP contribution in [-0.4, -0.2) is 13.1 Å². The van der Waals surface area contributed by atoms with Crippen LogP contribution in [0.1, 0.15) is 65.0 Å². The molecule has 3 nitrogen and oxygen atoms in total. The Morgan fingerprint density at radius 1 is 1.08 bits per heavy atom. The standard InChI is InChI=1S/C33H39O3/c1-24(16-19-30-26(3)13-10-20-33(30,4)5)11-9-12-25(2)21-32(34)36-23-27-17-18-29(31(22-27)35-6)28-14-7-8-15-28/h7-9,11-12,14-19,21-22H,10,13,20,23H2,1-6H3/b12-9+,19-16+,24-11+,25-21+. The maximum Gasteiger partial charge on any atom is 0.331 e. The van der Waals surface area contributed by atoms with Crippen LogP contribution >= 0.6 is 0 Å². The molecule has 0 atom stereocenters. The highest BCUT2D eigenvalue weighted by atomic mass is 16.5. The van der Waals surface area contributed by atoms with Gasteiger partial charge in [0, 0.05) is 17.6 Å². The van der Waals surface area contributed by atoms with Crippen molar-refractivity contribution >= 4 is 5.97 Å². The molecule has 2 aliphatic rings. The smallest absolute Gasteiger partial charge is 0.331 e. The summed E-state index contributed by atoms with van der Waals surface area (Å²) in [7, 11) is 1.65. The summed E-state index contributed by atoms with van der Waals surface area (Å²) < 4.78 is 11.0. The molecule has 0 saturated heterocycles. The largest absolute Gasteiger partial charge is 0.496 e. The van der Waals surface area contributed by atoms with Gasteiger partial charge in [-0.25, -0.2) is 4.79 Å². The fourth-order valence-electron chi connectivity index (χ4n) is 4.68. The van der Waals surface area contributed by atoms with Gasteiger partial charge in [0.2, 0.25) is 0 Å². The van der Waals surface area contributed by atoms with Crippen LogP contribution in [0.5, 0.6) is 5.75 Å². The predicted octanol–water partition coefficient (Wildman–Crippen LogP) is 8.02. The quantitative estimate of drug-likeness (QED) is 0.203. The number of carbonyl (C=O) groups is 1. The zero-order chi connectivity index (χ0) is 26.1. The number of hydrogen-bond acceptors (Lipinski definition) is 3. The van der Waals surface area contributed by atoms with Gasteiger partial charge in [0.1, 0.15) is 12.4 Å². The SMILES string of the molecule is COc1cc(COC(=O)/C=C(C)/C=C/C=C(C)/C=C/C2=C(C)CCCC2(C)C)ccc1[C]1[CH][CH][CH][CH]1. The Balaban J connectivity index is 1.53. The third kappa shape index (κ3) is 7.85. The second kappa shape index (κ2) is 12.9. The number of hydrogen-bond donors (Lipinski definition) is 0. The molecule has 0 heterocycles. The lowest BCUT2D eigenvalue weighted by Crippen LogP contribution is -2.19. The van der Waals surface area contributed by atoms with Gasteiger partial charge in [-0.1, -0.05) is 67.5 Å². The Hall–Kier alpha value is -2.81. The van der Waals surface area contributed by atoms with Gasteiger partial charge >= 0.3 is 5.97 Å². The van der Waals surface area contributed by atoms with Gasteiger partial charge in [-0.15, -0.1) is 0 Å². The first-order valence-corrected chi connectivity index (χ1v) is 12.7. The summed E-state index contributed by atoms with van der Waals surface area (Å²) >= 11 is 0. The summed E-state index contributed by atoms with van der Waals surface area (Å²) in [6, 6.07) is 5.87. The van der Waals surface area contributed by atoms with E-state index in [-0.39, 0.29) is 18.0 Å². The molecule has 1 fully saturated rings. The normalized spacial score (nSPS) is 19.5. The topological polar surface area (TPSA) is 35.5 Å². The average molecular weight is 484 g/mol. The van der Waals surface area contributed by atoms with E-state index in [0.717, 1.165) is 28.4 Å². The minimum Gasteiger partial charge on any atom is -0.496 e. The number of carbonyl (C=O) groups excluding carboxylic acids is 1. The van der Waals surface area contributed by atoms with E-state index in [2.05, 4.69) is 45.9 Å². The van der Waals surface area contributed by atoms with E-state index in [1.54, 1.807) is 7.11 Å². The highest BCUT2D eigenvalue weighted by Crippen LogP contribution is 2.41.